The number of carbonyl (C=O) groups excluding carboxylic acids is 2. The van der Waals surface area contributed by atoms with Gasteiger partial charge in [-0.1, -0.05) is 48.5 Å². The monoisotopic (exact) mass is 459 g/mol. The molecule has 168 valence electrons. The Kier molecular flexibility index (Phi) is 7.00. The first-order valence-corrected chi connectivity index (χ1v) is 11.1. The van der Waals surface area contributed by atoms with Crippen LogP contribution in [0.3, 0.4) is 0 Å². The van der Waals surface area contributed by atoms with Gasteiger partial charge in [-0.25, -0.2) is 4.90 Å². The number of ether oxygens (including phenoxy) is 1. The molecule has 0 radical (unpaired) electrons. The molecule has 3 aromatic rings. The Morgan fingerprint density at radius 3 is 2.27 bits per heavy atom. The fourth-order valence-corrected chi connectivity index (χ4v) is 4.20. The lowest BCUT2D eigenvalue weighted by atomic mass is 10.1. The van der Waals surface area contributed by atoms with Crippen LogP contribution in [-0.4, -0.2) is 41.5 Å². The maximum absolute atomic E-state index is 13.4. The van der Waals surface area contributed by atoms with Crippen molar-refractivity contribution in [2.24, 2.45) is 0 Å². The molecule has 1 aliphatic rings. The zero-order chi connectivity index (χ0) is 23.2. The Labute approximate surface area is 198 Å². The van der Waals surface area contributed by atoms with E-state index in [0.717, 1.165) is 17.0 Å². The molecule has 1 saturated heterocycles. The number of rotatable bonds is 7. The van der Waals surface area contributed by atoms with Gasteiger partial charge in [0.25, 0.3) is 5.91 Å². The first kappa shape index (κ1) is 22.5. The second kappa shape index (κ2) is 10.3. The SMILES string of the molecule is COc1ccc(CCN(C(=S)Nc2ccccc2)[C@H]2CC(=O)N(c3ccccc3)C2=O)cc1. The lowest BCUT2D eigenvalue weighted by Gasteiger charge is -2.30. The third-order valence-corrected chi connectivity index (χ3v) is 5.94. The van der Waals surface area contributed by atoms with Gasteiger partial charge in [-0.05, 0) is 60.6 Å². The number of hydrogen-bond donors (Lipinski definition) is 1. The molecule has 6 nitrogen and oxygen atoms in total. The van der Waals surface area contributed by atoms with Crippen molar-refractivity contribution in [1.29, 1.82) is 0 Å². The van der Waals surface area contributed by atoms with E-state index >= 15 is 0 Å². The van der Waals surface area contributed by atoms with Gasteiger partial charge in [-0.3, -0.25) is 9.59 Å². The minimum atomic E-state index is -0.667. The van der Waals surface area contributed by atoms with Crippen LogP contribution in [0.25, 0.3) is 0 Å². The van der Waals surface area contributed by atoms with Gasteiger partial charge >= 0.3 is 0 Å². The molecule has 1 aliphatic heterocycles. The topological polar surface area (TPSA) is 61.9 Å². The predicted octanol–water partition coefficient (Wildman–Crippen LogP) is 4.27. The molecule has 2 amide bonds. The molecule has 33 heavy (non-hydrogen) atoms. The summed E-state index contributed by atoms with van der Waals surface area (Å²) < 4.78 is 5.23. The number of thiocarbonyl (C=S) groups is 1. The average Bonchev–Trinajstić information content (AvgIpc) is 3.14. The molecule has 3 aromatic carbocycles. The second-order valence-corrected chi connectivity index (χ2v) is 8.10. The average molecular weight is 460 g/mol. The summed E-state index contributed by atoms with van der Waals surface area (Å²) in [6, 6.07) is 25.7. The first-order valence-electron chi connectivity index (χ1n) is 10.7. The number of carbonyl (C=O) groups is 2. The van der Waals surface area contributed by atoms with Crippen molar-refractivity contribution in [2.45, 2.75) is 18.9 Å². The highest BCUT2D eigenvalue weighted by Crippen LogP contribution is 2.26. The summed E-state index contributed by atoms with van der Waals surface area (Å²) in [5, 5.41) is 3.63. The molecule has 0 bridgehead atoms. The fraction of sp³-hybridized carbons (Fsp3) is 0.192. The molecule has 4 rings (SSSR count). The molecule has 0 unspecified atom stereocenters. The van der Waals surface area contributed by atoms with Crippen molar-refractivity contribution >= 4 is 40.5 Å². The van der Waals surface area contributed by atoms with Crippen LogP contribution in [0.15, 0.2) is 84.9 Å². The Bertz CT molecular complexity index is 1120. The van der Waals surface area contributed by atoms with Crippen molar-refractivity contribution in [2.75, 3.05) is 23.9 Å². The van der Waals surface area contributed by atoms with Crippen LogP contribution in [0.4, 0.5) is 11.4 Å². The van der Waals surface area contributed by atoms with Gasteiger partial charge in [-0.2, -0.15) is 0 Å². The molecular weight excluding hydrogens is 434 g/mol. The lowest BCUT2D eigenvalue weighted by Crippen LogP contribution is -2.48. The number of methoxy groups -OCH3 is 1. The number of benzene rings is 3. The molecule has 1 fully saturated rings. The zero-order valence-corrected chi connectivity index (χ0v) is 19.1. The van der Waals surface area contributed by atoms with Crippen LogP contribution >= 0.6 is 12.2 Å². The van der Waals surface area contributed by atoms with Gasteiger partial charge in [0.2, 0.25) is 5.91 Å². The highest BCUT2D eigenvalue weighted by Gasteiger charge is 2.43. The number of anilines is 2. The molecule has 0 aromatic heterocycles. The van der Waals surface area contributed by atoms with Crippen LogP contribution in [0.5, 0.6) is 5.75 Å². The van der Waals surface area contributed by atoms with E-state index in [2.05, 4.69) is 5.32 Å². The third-order valence-electron chi connectivity index (χ3n) is 5.60. The molecule has 1 heterocycles. The van der Waals surface area contributed by atoms with E-state index in [4.69, 9.17) is 17.0 Å². The quantitative estimate of drug-likeness (QED) is 0.421. The van der Waals surface area contributed by atoms with Crippen molar-refractivity contribution in [3.05, 3.63) is 90.5 Å². The van der Waals surface area contributed by atoms with Crippen LogP contribution in [0.1, 0.15) is 12.0 Å². The van der Waals surface area contributed by atoms with E-state index in [1.54, 1.807) is 19.2 Å². The van der Waals surface area contributed by atoms with Gasteiger partial charge in [0.05, 0.1) is 19.2 Å². The number of nitrogens with zero attached hydrogens (tertiary/aromatic N) is 2. The lowest BCUT2D eigenvalue weighted by molar-refractivity contribution is -0.122. The van der Waals surface area contributed by atoms with Gasteiger partial charge in [-0.15, -0.1) is 0 Å². The summed E-state index contributed by atoms with van der Waals surface area (Å²) in [6.07, 6.45) is 0.733. The smallest absolute Gasteiger partial charge is 0.257 e. The van der Waals surface area contributed by atoms with E-state index in [1.807, 2.05) is 77.7 Å². The van der Waals surface area contributed by atoms with E-state index in [9.17, 15) is 9.59 Å². The maximum Gasteiger partial charge on any atom is 0.257 e. The Morgan fingerprint density at radius 2 is 1.64 bits per heavy atom. The first-order chi connectivity index (χ1) is 16.1. The molecule has 1 atom stereocenters. The third kappa shape index (κ3) is 5.21. The Morgan fingerprint density at radius 1 is 1.00 bits per heavy atom. The summed E-state index contributed by atoms with van der Waals surface area (Å²) >= 11 is 5.71. The van der Waals surface area contributed by atoms with E-state index in [0.29, 0.717) is 23.8 Å². The normalized spacial score (nSPS) is 15.4. The van der Waals surface area contributed by atoms with Gasteiger partial charge in [0.1, 0.15) is 11.8 Å². The largest absolute Gasteiger partial charge is 0.497 e. The van der Waals surface area contributed by atoms with Gasteiger partial charge < -0.3 is 15.0 Å². The highest BCUT2D eigenvalue weighted by atomic mass is 32.1. The standard InChI is InChI=1S/C26H25N3O3S/c1-32-22-14-12-19(13-15-22)16-17-28(26(33)27-20-8-4-2-5-9-20)23-18-24(30)29(25(23)31)21-10-6-3-7-11-21/h2-15,23H,16-18H2,1H3,(H,27,33)/t23-/m0/s1. The van der Waals surface area contributed by atoms with Gasteiger partial charge in [0, 0.05) is 12.2 Å². The van der Waals surface area contributed by atoms with E-state index < -0.39 is 6.04 Å². The van der Waals surface area contributed by atoms with Gasteiger partial charge in [0.15, 0.2) is 5.11 Å². The molecule has 0 saturated carbocycles. The van der Waals surface area contributed by atoms with Crippen LogP contribution in [0, 0.1) is 0 Å². The molecule has 0 spiro atoms. The second-order valence-electron chi connectivity index (χ2n) is 7.71. The fourth-order valence-electron chi connectivity index (χ4n) is 3.87. The number of nitrogens with one attached hydrogen (secondary N) is 1. The highest BCUT2D eigenvalue weighted by molar-refractivity contribution is 7.80. The molecule has 7 heteroatoms. The van der Waals surface area contributed by atoms with Crippen molar-refractivity contribution in [3.63, 3.8) is 0 Å². The zero-order valence-electron chi connectivity index (χ0n) is 18.3. The minimum absolute atomic E-state index is 0.0763. The number of para-hydroxylation sites is 2. The maximum atomic E-state index is 13.4. The summed E-state index contributed by atoms with van der Waals surface area (Å²) in [5.41, 5.74) is 2.49. The minimum Gasteiger partial charge on any atom is -0.497 e. The molecule has 1 N–H and O–H groups in total. The van der Waals surface area contributed by atoms with E-state index in [-0.39, 0.29) is 18.2 Å². The van der Waals surface area contributed by atoms with Crippen LogP contribution in [0.2, 0.25) is 0 Å². The molecular formula is C26H25N3O3S. The summed E-state index contributed by atoms with van der Waals surface area (Å²) in [6.45, 7) is 0.483. The predicted molar refractivity (Wildman–Crippen MR) is 133 cm³/mol. The number of amides is 2. The van der Waals surface area contributed by atoms with Crippen LogP contribution in [-0.2, 0) is 16.0 Å². The Hall–Kier alpha value is -3.71. The van der Waals surface area contributed by atoms with Crippen molar-refractivity contribution in [1.82, 2.24) is 4.90 Å². The van der Waals surface area contributed by atoms with Crippen molar-refractivity contribution < 1.29 is 14.3 Å². The van der Waals surface area contributed by atoms with E-state index in [1.165, 1.54) is 4.90 Å². The molecule has 0 aliphatic carbocycles. The summed E-state index contributed by atoms with van der Waals surface area (Å²) in [7, 11) is 1.63. The van der Waals surface area contributed by atoms with Crippen LogP contribution < -0.4 is 15.0 Å². The Balaban J connectivity index is 1.56. The number of hydrogen-bond acceptors (Lipinski definition) is 4. The summed E-state index contributed by atoms with van der Waals surface area (Å²) in [4.78, 5) is 29.3. The number of imide groups is 1. The van der Waals surface area contributed by atoms with Crippen molar-refractivity contribution in [3.8, 4) is 5.75 Å². The summed E-state index contributed by atoms with van der Waals surface area (Å²) in [5.74, 6) is 0.290.